The Morgan fingerprint density at radius 3 is 2.24 bits per heavy atom. The highest BCUT2D eigenvalue weighted by atomic mass is 19.1. The highest BCUT2D eigenvalue weighted by Gasteiger charge is 2.08. The van der Waals surface area contributed by atoms with Gasteiger partial charge in [-0.15, -0.1) is 5.10 Å². The summed E-state index contributed by atoms with van der Waals surface area (Å²) in [6.07, 6.45) is 3.44. The molecule has 1 aromatic heterocycles. The Morgan fingerprint density at radius 1 is 0.920 bits per heavy atom. The molecule has 0 spiro atoms. The number of hydrogen-bond donors (Lipinski definition) is 2. The van der Waals surface area contributed by atoms with E-state index in [1.807, 2.05) is 0 Å². The average Bonchev–Trinajstić information content (AvgIpc) is 2.64. The van der Waals surface area contributed by atoms with Gasteiger partial charge in [-0.2, -0.15) is 10.1 Å². The molecule has 5 nitrogen and oxygen atoms in total. The zero-order valence-corrected chi connectivity index (χ0v) is 14.3. The van der Waals surface area contributed by atoms with E-state index >= 15 is 0 Å². The van der Waals surface area contributed by atoms with Crippen molar-refractivity contribution in [2.75, 3.05) is 10.6 Å². The normalized spacial score (nSPS) is 10.5. The van der Waals surface area contributed by atoms with Crippen LogP contribution >= 0.6 is 0 Å². The van der Waals surface area contributed by atoms with Crippen LogP contribution in [0, 0.1) is 5.82 Å². The number of halogens is 1. The van der Waals surface area contributed by atoms with E-state index in [-0.39, 0.29) is 5.82 Å². The van der Waals surface area contributed by atoms with Gasteiger partial charge < -0.3 is 10.6 Å². The monoisotopic (exact) mass is 337 g/mol. The summed E-state index contributed by atoms with van der Waals surface area (Å²) in [6.45, 7) is 4.25. The summed E-state index contributed by atoms with van der Waals surface area (Å²) >= 11 is 0. The molecule has 2 aromatic carbocycles. The molecule has 0 atom stereocenters. The third-order valence-electron chi connectivity index (χ3n) is 3.91. The van der Waals surface area contributed by atoms with Gasteiger partial charge in [0.25, 0.3) is 0 Å². The number of rotatable bonds is 6. The van der Waals surface area contributed by atoms with Crippen molar-refractivity contribution in [1.82, 2.24) is 15.2 Å². The SMILES string of the molecule is CCc1cccc(CC)c1Nc1cnnc(Nc2ccc(F)cc2)n1. The van der Waals surface area contributed by atoms with Crippen molar-refractivity contribution < 1.29 is 4.39 Å². The number of hydrogen-bond acceptors (Lipinski definition) is 5. The summed E-state index contributed by atoms with van der Waals surface area (Å²) in [5.74, 6) is 0.669. The second kappa shape index (κ2) is 7.70. The lowest BCUT2D eigenvalue weighted by Gasteiger charge is -2.15. The molecule has 0 unspecified atom stereocenters. The molecular formula is C19H20FN5. The predicted octanol–water partition coefficient (Wildman–Crippen LogP) is 4.62. The number of anilines is 4. The number of para-hydroxylation sites is 1. The van der Waals surface area contributed by atoms with Crippen LogP contribution in [0.1, 0.15) is 25.0 Å². The minimum absolute atomic E-state index is 0.289. The van der Waals surface area contributed by atoms with Crippen LogP contribution < -0.4 is 10.6 Å². The van der Waals surface area contributed by atoms with Gasteiger partial charge in [-0.1, -0.05) is 32.0 Å². The molecule has 0 aliphatic carbocycles. The summed E-state index contributed by atoms with van der Waals surface area (Å²) in [6, 6.07) is 12.3. The summed E-state index contributed by atoms with van der Waals surface area (Å²) in [4.78, 5) is 4.45. The molecule has 1 heterocycles. The Balaban J connectivity index is 1.84. The molecular weight excluding hydrogens is 317 g/mol. The van der Waals surface area contributed by atoms with Crippen LogP contribution in [0.4, 0.5) is 27.5 Å². The largest absolute Gasteiger partial charge is 0.338 e. The molecule has 0 bridgehead atoms. The van der Waals surface area contributed by atoms with Gasteiger partial charge in [-0.05, 0) is 48.2 Å². The fourth-order valence-electron chi connectivity index (χ4n) is 2.61. The molecule has 3 aromatic rings. The van der Waals surface area contributed by atoms with Crippen LogP contribution in [-0.4, -0.2) is 15.2 Å². The standard InChI is InChI=1S/C19H20FN5/c1-3-13-6-5-7-14(4-2)18(13)23-17-12-21-25-19(24-17)22-16-10-8-15(20)9-11-16/h5-12H,3-4H2,1-2H3,(H2,22,23,24,25). The minimum atomic E-state index is -0.289. The highest BCUT2D eigenvalue weighted by molar-refractivity contribution is 5.65. The van der Waals surface area contributed by atoms with Crippen LogP contribution in [0.2, 0.25) is 0 Å². The zero-order valence-electron chi connectivity index (χ0n) is 14.3. The summed E-state index contributed by atoms with van der Waals surface area (Å²) < 4.78 is 13.0. The topological polar surface area (TPSA) is 62.7 Å². The maximum Gasteiger partial charge on any atom is 0.249 e. The molecule has 25 heavy (non-hydrogen) atoms. The zero-order chi connectivity index (χ0) is 17.6. The van der Waals surface area contributed by atoms with Gasteiger partial charge in [-0.25, -0.2) is 4.39 Å². The second-order valence-corrected chi connectivity index (χ2v) is 5.58. The quantitative estimate of drug-likeness (QED) is 0.687. The van der Waals surface area contributed by atoms with Gasteiger partial charge in [0, 0.05) is 11.4 Å². The third kappa shape index (κ3) is 4.09. The van der Waals surface area contributed by atoms with Crippen molar-refractivity contribution in [3.05, 3.63) is 65.6 Å². The number of nitrogens with zero attached hydrogens (tertiary/aromatic N) is 3. The van der Waals surface area contributed by atoms with E-state index in [0.29, 0.717) is 17.5 Å². The van der Waals surface area contributed by atoms with Crippen molar-refractivity contribution in [2.24, 2.45) is 0 Å². The average molecular weight is 337 g/mol. The van der Waals surface area contributed by atoms with Crippen LogP contribution in [-0.2, 0) is 12.8 Å². The van der Waals surface area contributed by atoms with E-state index in [1.54, 1.807) is 18.3 Å². The van der Waals surface area contributed by atoms with E-state index < -0.39 is 0 Å². The van der Waals surface area contributed by atoms with E-state index in [2.05, 4.69) is 57.9 Å². The van der Waals surface area contributed by atoms with E-state index in [0.717, 1.165) is 18.5 Å². The van der Waals surface area contributed by atoms with Crippen molar-refractivity contribution in [3.8, 4) is 0 Å². The van der Waals surface area contributed by atoms with Crippen LogP contribution in [0.25, 0.3) is 0 Å². The lowest BCUT2D eigenvalue weighted by Crippen LogP contribution is -2.05. The first-order chi connectivity index (χ1) is 12.2. The fourth-order valence-corrected chi connectivity index (χ4v) is 2.61. The number of nitrogens with one attached hydrogen (secondary N) is 2. The Bertz CT molecular complexity index is 826. The van der Waals surface area contributed by atoms with Gasteiger partial charge in [0.15, 0.2) is 5.82 Å². The van der Waals surface area contributed by atoms with Gasteiger partial charge in [-0.3, -0.25) is 0 Å². The smallest absolute Gasteiger partial charge is 0.249 e. The molecule has 0 aliphatic heterocycles. The summed E-state index contributed by atoms with van der Waals surface area (Å²) in [5.41, 5.74) is 4.22. The van der Waals surface area contributed by atoms with Crippen molar-refractivity contribution in [1.29, 1.82) is 0 Å². The van der Waals surface area contributed by atoms with E-state index in [4.69, 9.17) is 0 Å². The predicted molar refractivity (Wildman–Crippen MR) is 98.0 cm³/mol. The second-order valence-electron chi connectivity index (χ2n) is 5.58. The van der Waals surface area contributed by atoms with Crippen LogP contribution in [0.15, 0.2) is 48.7 Å². The first-order valence-corrected chi connectivity index (χ1v) is 8.29. The highest BCUT2D eigenvalue weighted by Crippen LogP contribution is 2.26. The molecule has 0 amide bonds. The molecule has 2 N–H and O–H groups in total. The molecule has 128 valence electrons. The fraction of sp³-hybridized carbons (Fsp3) is 0.211. The van der Waals surface area contributed by atoms with Crippen LogP contribution in [0.3, 0.4) is 0 Å². The maximum absolute atomic E-state index is 13.0. The molecule has 0 fully saturated rings. The number of benzene rings is 2. The molecule has 6 heteroatoms. The van der Waals surface area contributed by atoms with Gasteiger partial charge >= 0.3 is 0 Å². The lowest BCUT2D eigenvalue weighted by molar-refractivity contribution is 0.628. The summed E-state index contributed by atoms with van der Waals surface area (Å²) in [7, 11) is 0. The Morgan fingerprint density at radius 2 is 1.60 bits per heavy atom. The Labute approximate surface area is 146 Å². The Kier molecular flexibility index (Phi) is 5.18. The lowest BCUT2D eigenvalue weighted by atomic mass is 10.0. The number of aryl methyl sites for hydroxylation is 2. The first-order valence-electron chi connectivity index (χ1n) is 8.29. The van der Waals surface area contributed by atoms with Gasteiger partial charge in [0.1, 0.15) is 5.82 Å². The van der Waals surface area contributed by atoms with Crippen molar-refractivity contribution in [2.45, 2.75) is 26.7 Å². The van der Waals surface area contributed by atoms with E-state index in [1.165, 1.54) is 23.3 Å². The molecule has 0 radical (unpaired) electrons. The third-order valence-corrected chi connectivity index (χ3v) is 3.91. The van der Waals surface area contributed by atoms with E-state index in [9.17, 15) is 4.39 Å². The molecule has 3 rings (SSSR count). The van der Waals surface area contributed by atoms with Crippen molar-refractivity contribution >= 4 is 23.1 Å². The minimum Gasteiger partial charge on any atom is -0.338 e. The summed E-state index contributed by atoms with van der Waals surface area (Å²) in [5, 5.41) is 14.4. The maximum atomic E-state index is 13.0. The Hall–Kier alpha value is -3.02. The molecule has 0 aliphatic rings. The van der Waals surface area contributed by atoms with Gasteiger partial charge in [0.2, 0.25) is 5.95 Å². The first kappa shape index (κ1) is 16.8. The molecule has 0 saturated carbocycles. The van der Waals surface area contributed by atoms with Crippen molar-refractivity contribution in [3.63, 3.8) is 0 Å². The number of aromatic nitrogens is 3. The van der Waals surface area contributed by atoms with Gasteiger partial charge in [0.05, 0.1) is 6.20 Å². The molecule has 0 saturated heterocycles. The van der Waals surface area contributed by atoms with Crippen LogP contribution in [0.5, 0.6) is 0 Å².